The van der Waals surface area contributed by atoms with Crippen LogP contribution in [-0.4, -0.2) is 55.4 Å². The van der Waals surface area contributed by atoms with Crippen LogP contribution in [0.15, 0.2) is 94.1 Å². The number of aliphatic imine (C=N–C) groups is 1. The van der Waals surface area contributed by atoms with Crippen LogP contribution < -0.4 is 10.6 Å². The van der Waals surface area contributed by atoms with E-state index in [-0.39, 0.29) is 31.7 Å². The zero-order chi connectivity index (χ0) is 31.1. The Morgan fingerprint density at radius 1 is 0.977 bits per heavy atom. The summed E-state index contributed by atoms with van der Waals surface area (Å²) in [5, 5.41) is 0. The van der Waals surface area contributed by atoms with E-state index in [1.165, 1.54) is 30.5 Å². The van der Waals surface area contributed by atoms with Crippen molar-refractivity contribution >= 4 is 33.0 Å². The minimum Gasteiger partial charge on any atom is -0.404 e. The van der Waals surface area contributed by atoms with Crippen LogP contribution in [0.1, 0.15) is 36.0 Å². The molecule has 0 saturated carbocycles. The number of fused-ring (bicyclic) bond motifs is 1. The largest absolute Gasteiger partial charge is 0.404 e. The van der Waals surface area contributed by atoms with Crippen molar-refractivity contribution in [2.75, 3.05) is 31.1 Å². The van der Waals surface area contributed by atoms with Gasteiger partial charge in [0.15, 0.2) is 17.4 Å². The van der Waals surface area contributed by atoms with E-state index in [4.69, 9.17) is 5.73 Å². The highest BCUT2D eigenvalue weighted by molar-refractivity contribution is 7.89. The molecule has 1 aromatic heterocycles. The van der Waals surface area contributed by atoms with Gasteiger partial charge in [-0.15, -0.1) is 0 Å². The standard InChI is InChI=1S/C32H30F3N5O3S/c33-24-3-5-25(6-4-24)38-29-16-23-10-14-40(44(42,43)26-7-8-27(34)28(35)17-26)20-32(23,18-22(29)19-36)31(41)21-9-11-37-30(15-21)39-12-1-2-13-39/h3-9,11,15-17,19H,1-2,10,12-14,18,20,36H2/b22-19-,38-29?/t32-/m0/s1. The lowest BCUT2D eigenvalue weighted by Crippen LogP contribution is -2.53. The van der Waals surface area contributed by atoms with Crippen LogP contribution in [0.3, 0.4) is 0 Å². The van der Waals surface area contributed by atoms with Gasteiger partial charge in [-0.1, -0.05) is 5.57 Å². The van der Waals surface area contributed by atoms with Crippen molar-refractivity contribution < 1.29 is 26.4 Å². The van der Waals surface area contributed by atoms with Gasteiger partial charge in [-0.2, -0.15) is 4.31 Å². The zero-order valence-electron chi connectivity index (χ0n) is 23.7. The average molecular weight is 622 g/mol. The van der Waals surface area contributed by atoms with Crippen LogP contribution in [0, 0.1) is 22.9 Å². The molecule has 0 unspecified atom stereocenters. The van der Waals surface area contributed by atoms with Crippen molar-refractivity contribution in [3.8, 4) is 0 Å². The van der Waals surface area contributed by atoms with Crippen molar-refractivity contribution in [3.63, 3.8) is 0 Å². The van der Waals surface area contributed by atoms with Crippen molar-refractivity contribution in [2.24, 2.45) is 16.1 Å². The number of ketones is 1. The molecular formula is C32H30F3N5O3S. The minimum absolute atomic E-state index is 0.00304. The summed E-state index contributed by atoms with van der Waals surface area (Å²) >= 11 is 0. The van der Waals surface area contributed by atoms with Gasteiger partial charge in [-0.05, 0) is 98.1 Å². The number of halogens is 3. The molecule has 3 heterocycles. The predicted molar refractivity (Wildman–Crippen MR) is 161 cm³/mol. The van der Waals surface area contributed by atoms with Crippen molar-refractivity contribution in [3.05, 3.63) is 107 Å². The second kappa shape index (κ2) is 11.7. The molecule has 0 spiro atoms. The number of piperidine rings is 1. The Balaban J connectivity index is 1.45. The topological polar surface area (TPSA) is 109 Å². The van der Waals surface area contributed by atoms with Crippen LogP contribution >= 0.6 is 0 Å². The first-order valence-electron chi connectivity index (χ1n) is 14.3. The third kappa shape index (κ3) is 5.43. The lowest BCUT2D eigenvalue weighted by Gasteiger charge is -2.45. The van der Waals surface area contributed by atoms with E-state index in [9.17, 15) is 26.4 Å². The molecule has 2 aromatic carbocycles. The smallest absolute Gasteiger partial charge is 0.243 e. The third-order valence-electron chi connectivity index (χ3n) is 8.50. The molecule has 228 valence electrons. The van der Waals surface area contributed by atoms with Crippen LogP contribution in [0.25, 0.3) is 0 Å². The van der Waals surface area contributed by atoms with E-state index in [1.54, 1.807) is 24.4 Å². The Bertz CT molecular complexity index is 1820. The second-order valence-electron chi connectivity index (χ2n) is 11.2. The number of sulfonamides is 1. The number of allylic oxidation sites excluding steroid dienone is 2. The SMILES string of the molecule is N/C=C1/C[C@]2(C(=O)c3ccnc(N4CCCC4)c3)CN(S(=O)(=O)c3ccc(F)c(F)c3)CCC2=CC1=Nc1ccc(F)cc1. The number of rotatable bonds is 6. The van der Waals surface area contributed by atoms with Gasteiger partial charge in [-0.25, -0.2) is 31.6 Å². The van der Waals surface area contributed by atoms with Gasteiger partial charge in [-0.3, -0.25) is 4.79 Å². The summed E-state index contributed by atoms with van der Waals surface area (Å²) in [6.07, 6.45) is 6.94. The second-order valence-corrected chi connectivity index (χ2v) is 13.1. The lowest BCUT2D eigenvalue weighted by molar-refractivity contribution is 0.0776. The van der Waals surface area contributed by atoms with Gasteiger partial charge in [0.1, 0.15) is 11.6 Å². The number of pyridine rings is 1. The van der Waals surface area contributed by atoms with E-state index in [1.807, 2.05) is 0 Å². The first-order chi connectivity index (χ1) is 21.1. The van der Waals surface area contributed by atoms with Crippen LogP contribution in [0.5, 0.6) is 0 Å². The molecule has 0 amide bonds. The molecule has 6 rings (SSSR count). The Morgan fingerprint density at radius 2 is 1.73 bits per heavy atom. The number of benzene rings is 2. The Hall–Kier alpha value is -4.29. The number of anilines is 1. The fraction of sp³-hybridized carbons (Fsp3) is 0.281. The van der Waals surface area contributed by atoms with E-state index in [0.29, 0.717) is 40.0 Å². The van der Waals surface area contributed by atoms with Crippen LogP contribution in [0.2, 0.25) is 0 Å². The molecule has 3 aromatic rings. The molecule has 0 bridgehead atoms. The number of hydrogen-bond acceptors (Lipinski definition) is 7. The molecule has 1 aliphatic carbocycles. The summed E-state index contributed by atoms with van der Waals surface area (Å²) in [6.45, 7) is 1.40. The minimum atomic E-state index is -4.31. The molecule has 12 heteroatoms. The first kappa shape index (κ1) is 29.8. The molecule has 2 aliphatic heterocycles. The van der Waals surface area contributed by atoms with Crippen molar-refractivity contribution in [2.45, 2.75) is 30.6 Å². The number of carbonyl (C=O) groups is 1. The number of nitrogens with two attached hydrogens (primary N) is 1. The van der Waals surface area contributed by atoms with Crippen LogP contribution in [-0.2, 0) is 10.0 Å². The summed E-state index contributed by atoms with van der Waals surface area (Å²) in [5.41, 5.74) is 7.23. The van der Waals surface area contributed by atoms with Crippen LogP contribution in [0.4, 0.5) is 24.7 Å². The maximum Gasteiger partial charge on any atom is 0.243 e. The van der Waals surface area contributed by atoms with Crippen molar-refractivity contribution in [1.82, 2.24) is 9.29 Å². The molecule has 1 atom stereocenters. The Morgan fingerprint density at radius 3 is 2.43 bits per heavy atom. The molecular weight excluding hydrogens is 591 g/mol. The summed E-state index contributed by atoms with van der Waals surface area (Å²) in [4.78, 5) is 25.4. The van der Waals surface area contributed by atoms with Gasteiger partial charge in [0, 0.05) is 37.9 Å². The molecule has 2 fully saturated rings. The fourth-order valence-electron chi connectivity index (χ4n) is 6.17. The molecule has 2 saturated heterocycles. The average Bonchev–Trinajstić information content (AvgIpc) is 3.58. The maximum atomic E-state index is 14.6. The Kier molecular flexibility index (Phi) is 7.89. The van der Waals surface area contributed by atoms with E-state index >= 15 is 0 Å². The maximum absolute atomic E-state index is 14.6. The number of aromatic nitrogens is 1. The zero-order valence-corrected chi connectivity index (χ0v) is 24.5. The predicted octanol–water partition coefficient (Wildman–Crippen LogP) is 5.31. The monoisotopic (exact) mass is 621 g/mol. The molecule has 2 N–H and O–H groups in total. The van der Waals surface area contributed by atoms with Gasteiger partial charge in [0.25, 0.3) is 0 Å². The third-order valence-corrected chi connectivity index (χ3v) is 10.3. The molecule has 8 nitrogen and oxygen atoms in total. The van der Waals surface area contributed by atoms with Crippen molar-refractivity contribution in [1.29, 1.82) is 0 Å². The van der Waals surface area contributed by atoms with E-state index < -0.39 is 37.8 Å². The summed E-state index contributed by atoms with van der Waals surface area (Å²) in [7, 11) is -4.31. The van der Waals surface area contributed by atoms with Gasteiger partial charge in [0.2, 0.25) is 10.0 Å². The quantitative estimate of drug-likeness (QED) is 0.374. The summed E-state index contributed by atoms with van der Waals surface area (Å²) in [5.74, 6) is -2.49. The summed E-state index contributed by atoms with van der Waals surface area (Å²) in [6, 6.07) is 11.4. The number of nitrogens with zero attached hydrogens (tertiary/aromatic N) is 4. The number of carbonyl (C=O) groups excluding carboxylic acids is 1. The molecule has 44 heavy (non-hydrogen) atoms. The number of hydrogen-bond donors (Lipinski definition) is 1. The molecule has 0 radical (unpaired) electrons. The summed E-state index contributed by atoms with van der Waals surface area (Å²) < 4.78 is 69.9. The Labute approximate surface area is 253 Å². The first-order valence-corrected chi connectivity index (χ1v) is 15.7. The lowest BCUT2D eigenvalue weighted by atomic mass is 9.64. The van der Waals surface area contributed by atoms with E-state index in [2.05, 4.69) is 14.9 Å². The number of Topliss-reactive ketones (excluding diaryl/α,β-unsaturated/α-hetero) is 1. The van der Waals surface area contributed by atoms with Gasteiger partial charge < -0.3 is 10.6 Å². The highest BCUT2D eigenvalue weighted by Gasteiger charge is 2.51. The normalized spacial score (nSPS) is 22.7. The fourth-order valence-corrected chi connectivity index (χ4v) is 7.68. The van der Waals surface area contributed by atoms with E-state index in [0.717, 1.165) is 42.4 Å². The van der Waals surface area contributed by atoms with Gasteiger partial charge in [0.05, 0.1) is 21.7 Å². The highest BCUT2D eigenvalue weighted by Crippen LogP contribution is 2.48. The van der Waals surface area contributed by atoms with Gasteiger partial charge >= 0.3 is 0 Å². The highest BCUT2D eigenvalue weighted by atomic mass is 32.2. The molecule has 3 aliphatic rings.